The van der Waals surface area contributed by atoms with Gasteiger partial charge in [-0.1, -0.05) is 0 Å². The highest BCUT2D eigenvalue weighted by Crippen LogP contribution is 2.27. The summed E-state index contributed by atoms with van der Waals surface area (Å²) < 4.78 is 27.5. The number of ether oxygens (including phenoxy) is 4. The molecule has 2 aliphatic heterocycles. The molecule has 2 saturated heterocycles. The molecule has 112 valence electrons. The van der Waals surface area contributed by atoms with Crippen molar-refractivity contribution in [2.24, 2.45) is 0 Å². The number of cyclic esters (lactones) is 4. The maximum absolute atomic E-state index is 10.8. The van der Waals surface area contributed by atoms with E-state index in [0.717, 1.165) is 0 Å². The molecule has 2 aliphatic rings. The quantitative estimate of drug-likeness (QED) is 0.706. The molecule has 0 radical (unpaired) electrons. The number of hydrogen-bond donors (Lipinski definition) is 0. The minimum absolute atomic E-state index is 0. The van der Waals surface area contributed by atoms with Crippen molar-refractivity contribution >= 4 is 12.3 Å². The van der Waals surface area contributed by atoms with Crippen LogP contribution in [0.15, 0.2) is 26.2 Å². The van der Waals surface area contributed by atoms with Gasteiger partial charge in [0.25, 0.3) is 0 Å². The van der Waals surface area contributed by atoms with Crippen molar-refractivity contribution in [1.82, 2.24) is 0 Å². The summed E-state index contributed by atoms with van der Waals surface area (Å²) in [4.78, 5) is 31.3. The number of carbonyl (C=O) groups is 2. The zero-order chi connectivity index (χ0) is 14.7. The fraction of sp³-hybridized carbons (Fsp3) is 0.545. The van der Waals surface area contributed by atoms with Gasteiger partial charge in [-0.3, -0.25) is 0 Å². The monoisotopic (exact) mass is 291 g/mol. The van der Waals surface area contributed by atoms with Crippen molar-refractivity contribution in [1.29, 1.82) is 0 Å². The molecule has 1 aromatic rings. The van der Waals surface area contributed by atoms with Crippen LogP contribution in [0.25, 0.3) is 0 Å². The van der Waals surface area contributed by atoms with Gasteiger partial charge < -0.3 is 27.8 Å². The van der Waals surface area contributed by atoms with Gasteiger partial charge in [0, 0.05) is 1.43 Å². The summed E-state index contributed by atoms with van der Waals surface area (Å²) in [7, 11) is 0. The molecule has 0 saturated carbocycles. The molecule has 0 spiro atoms. The van der Waals surface area contributed by atoms with E-state index < -0.39 is 42.5 Å². The number of rotatable bonds is 1. The lowest BCUT2D eigenvalue weighted by Gasteiger charge is -2.18. The molecular formula is C11H14O9. The van der Waals surface area contributed by atoms with Gasteiger partial charge in [0.05, 0.1) is 0 Å². The van der Waals surface area contributed by atoms with Gasteiger partial charge in [-0.05, 0) is 13.8 Å². The zero-order valence-electron chi connectivity index (χ0n) is 10.6. The highest BCUT2D eigenvalue weighted by molar-refractivity contribution is 5.64. The SMILES string of the molecule is CC1OC(=O)OC1C1OC(=O)OC1C.O=c1occo1.[2HH]. The lowest BCUT2D eigenvalue weighted by Crippen LogP contribution is -2.39. The average molecular weight is 291 g/mol. The van der Waals surface area contributed by atoms with Crippen LogP contribution in [0, 0.1) is 0 Å². The molecular weight excluding hydrogens is 276 g/mol. The van der Waals surface area contributed by atoms with E-state index in [1.165, 1.54) is 12.5 Å². The van der Waals surface area contributed by atoms with E-state index in [1.54, 1.807) is 13.8 Å². The van der Waals surface area contributed by atoms with E-state index in [4.69, 9.17) is 18.9 Å². The van der Waals surface area contributed by atoms with E-state index in [1.807, 2.05) is 0 Å². The largest absolute Gasteiger partial charge is 0.518 e. The van der Waals surface area contributed by atoms with Gasteiger partial charge >= 0.3 is 18.1 Å². The third kappa shape index (κ3) is 3.11. The molecule has 3 heterocycles. The van der Waals surface area contributed by atoms with Crippen LogP contribution in [0.1, 0.15) is 15.3 Å². The van der Waals surface area contributed by atoms with Gasteiger partial charge in [0.1, 0.15) is 24.7 Å². The Kier molecular flexibility index (Phi) is 3.97. The third-order valence-electron chi connectivity index (χ3n) is 2.66. The van der Waals surface area contributed by atoms with Gasteiger partial charge in [0.15, 0.2) is 12.2 Å². The summed E-state index contributed by atoms with van der Waals surface area (Å²) in [5.74, 6) is -0.657. The Balaban J connectivity index is 0.000000267. The Morgan fingerprint density at radius 2 is 1.20 bits per heavy atom. The first-order valence-electron chi connectivity index (χ1n) is 5.74. The van der Waals surface area contributed by atoms with Crippen LogP contribution >= 0.6 is 0 Å². The van der Waals surface area contributed by atoms with Crippen LogP contribution in [0.4, 0.5) is 9.59 Å². The van der Waals surface area contributed by atoms with Crippen molar-refractivity contribution in [3.8, 4) is 0 Å². The highest BCUT2D eigenvalue weighted by Gasteiger charge is 2.48. The smallest absolute Gasteiger partial charge is 0.427 e. The average Bonchev–Trinajstić information content (AvgIpc) is 3.03. The zero-order valence-corrected chi connectivity index (χ0v) is 10.6. The van der Waals surface area contributed by atoms with Crippen molar-refractivity contribution in [3.63, 3.8) is 0 Å². The van der Waals surface area contributed by atoms with Crippen molar-refractivity contribution in [3.05, 3.63) is 23.1 Å². The predicted octanol–water partition coefficient (Wildman–Crippen LogP) is 1.31. The summed E-state index contributed by atoms with van der Waals surface area (Å²) in [6.07, 6.45) is -1.12. The number of hydrogen-bond acceptors (Lipinski definition) is 9. The third-order valence-corrected chi connectivity index (χ3v) is 2.66. The van der Waals surface area contributed by atoms with Crippen LogP contribution in [0.5, 0.6) is 0 Å². The van der Waals surface area contributed by atoms with Gasteiger partial charge in [0.2, 0.25) is 0 Å². The Morgan fingerprint density at radius 3 is 1.40 bits per heavy atom. The normalized spacial score (nSPS) is 31.5. The molecule has 0 N–H and O–H groups in total. The van der Waals surface area contributed by atoms with Crippen LogP contribution in [0.3, 0.4) is 0 Å². The molecule has 9 nitrogen and oxygen atoms in total. The topological polar surface area (TPSA) is 114 Å². The van der Waals surface area contributed by atoms with E-state index in [2.05, 4.69) is 8.83 Å². The minimum atomic E-state index is -0.738. The lowest BCUT2D eigenvalue weighted by molar-refractivity contribution is 0.0156. The fourth-order valence-corrected chi connectivity index (χ4v) is 1.77. The predicted molar refractivity (Wildman–Crippen MR) is 61.0 cm³/mol. The first-order chi connectivity index (χ1) is 9.47. The van der Waals surface area contributed by atoms with E-state index >= 15 is 0 Å². The van der Waals surface area contributed by atoms with E-state index in [-0.39, 0.29) is 1.43 Å². The molecule has 0 amide bonds. The molecule has 0 aromatic carbocycles. The molecule has 0 aliphatic carbocycles. The first kappa shape index (κ1) is 14.0. The molecule has 1 aromatic heterocycles. The van der Waals surface area contributed by atoms with Crippen LogP contribution < -0.4 is 5.82 Å². The summed E-state index contributed by atoms with van der Waals surface area (Å²) in [5.41, 5.74) is 0. The molecule has 2 fully saturated rings. The molecule has 20 heavy (non-hydrogen) atoms. The second-order valence-electron chi connectivity index (χ2n) is 4.07. The standard InChI is InChI=1S/C8H10O6.C3H2O3.H2/c1-3-5(13-7(9)11-3)6-4(2)12-8(10)14-6;4-3-5-1-2-6-3;/h3-6H,1-2H3;1-2H;1H/i;;1+1. The maximum atomic E-state index is 10.8. The van der Waals surface area contributed by atoms with Gasteiger partial charge in [-0.15, -0.1) is 0 Å². The Morgan fingerprint density at radius 1 is 0.800 bits per heavy atom. The fourth-order valence-electron chi connectivity index (χ4n) is 1.77. The molecule has 4 unspecified atom stereocenters. The van der Waals surface area contributed by atoms with Gasteiger partial charge in [-0.25, -0.2) is 14.4 Å². The first-order valence-corrected chi connectivity index (χ1v) is 5.74. The van der Waals surface area contributed by atoms with Crippen LogP contribution in [-0.4, -0.2) is 36.7 Å². The summed E-state index contributed by atoms with van der Waals surface area (Å²) in [6.45, 7) is 3.35. The molecule has 4 atom stereocenters. The maximum Gasteiger partial charge on any atom is 0.518 e. The summed E-state index contributed by atoms with van der Waals surface area (Å²) in [6, 6.07) is 0. The number of carbonyl (C=O) groups excluding carboxylic acids is 2. The highest BCUT2D eigenvalue weighted by atomic mass is 16.8. The molecule has 0 bridgehead atoms. The Hall–Kier alpha value is -2.45. The lowest BCUT2D eigenvalue weighted by atomic mass is 10.1. The summed E-state index contributed by atoms with van der Waals surface area (Å²) in [5, 5.41) is 0. The van der Waals surface area contributed by atoms with Crippen LogP contribution in [-0.2, 0) is 18.9 Å². The van der Waals surface area contributed by atoms with Gasteiger partial charge in [-0.2, -0.15) is 0 Å². The molecule has 9 heteroatoms. The molecule has 3 rings (SSSR count). The van der Waals surface area contributed by atoms with Crippen molar-refractivity contribution in [2.45, 2.75) is 38.3 Å². The Labute approximate surface area is 113 Å². The Bertz CT molecular complexity index is 491. The second kappa shape index (κ2) is 5.68. The minimum Gasteiger partial charge on any atom is -0.427 e. The van der Waals surface area contributed by atoms with Crippen molar-refractivity contribution in [2.75, 3.05) is 0 Å². The van der Waals surface area contributed by atoms with Crippen LogP contribution in [0.2, 0.25) is 0 Å². The summed E-state index contributed by atoms with van der Waals surface area (Å²) >= 11 is 0. The second-order valence-corrected chi connectivity index (χ2v) is 4.07. The van der Waals surface area contributed by atoms with E-state index in [9.17, 15) is 14.4 Å². The van der Waals surface area contributed by atoms with Crippen molar-refractivity contribution < 1.29 is 38.8 Å². The van der Waals surface area contributed by atoms with E-state index in [0.29, 0.717) is 0 Å².